The Morgan fingerprint density at radius 1 is 1.16 bits per heavy atom. The van der Waals surface area contributed by atoms with Gasteiger partial charge in [0.25, 0.3) is 5.91 Å². The number of allylic oxidation sites excluding steroid dienone is 1. The van der Waals surface area contributed by atoms with Gasteiger partial charge in [-0.15, -0.1) is 0 Å². The zero-order valence-electron chi connectivity index (χ0n) is 19.0. The number of rotatable bonds is 8. The molecule has 1 fully saturated rings. The molecule has 32 heavy (non-hydrogen) atoms. The zero-order chi connectivity index (χ0) is 23.4. The smallest absolute Gasteiger partial charge is 0.417 e. The predicted octanol–water partition coefficient (Wildman–Crippen LogP) is 4.27. The van der Waals surface area contributed by atoms with Gasteiger partial charge in [0.15, 0.2) is 5.60 Å². The van der Waals surface area contributed by atoms with Crippen molar-refractivity contribution in [2.75, 3.05) is 0 Å². The molecule has 6 nitrogen and oxygen atoms in total. The van der Waals surface area contributed by atoms with E-state index in [1.165, 1.54) is 13.0 Å². The Kier molecular flexibility index (Phi) is 7.16. The van der Waals surface area contributed by atoms with Crippen LogP contribution in [0.2, 0.25) is 0 Å². The van der Waals surface area contributed by atoms with Crippen molar-refractivity contribution in [2.24, 2.45) is 0 Å². The van der Waals surface area contributed by atoms with E-state index in [9.17, 15) is 14.7 Å². The second-order valence-electron chi connectivity index (χ2n) is 8.70. The number of ether oxygens (including phenoxy) is 2. The fourth-order valence-corrected chi connectivity index (χ4v) is 3.87. The number of nitrogens with zero attached hydrogens (tertiary/aromatic N) is 1. The van der Waals surface area contributed by atoms with Crippen molar-refractivity contribution >= 4 is 12.0 Å². The number of benzene rings is 2. The number of hydrogen-bond donors (Lipinski definition) is 1. The fourth-order valence-electron chi connectivity index (χ4n) is 3.87. The largest absolute Gasteiger partial charge is 0.441 e. The second kappa shape index (κ2) is 9.67. The number of aliphatic hydroxyl groups is 1. The van der Waals surface area contributed by atoms with E-state index in [4.69, 9.17) is 9.47 Å². The highest BCUT2D eigenvalue weighted by atomic mass is 16.6. The molecular formula is C26H31NO5. The molecule has 1 N–H and O–H groups in total. The van der Waals surface area contributed by atoms with E-state index >= 15 is 0 Å². The Morgan fingerprint density at radius 2 is 1.72 bits per heavy atom. The molecule has 0 unspecified atom stereocenters. The molecule has 0 saturated carbocycles. The van der Waals surface area contributed by atoms with E-state index in [0.717, 1.165) is 16.0 Å². The van der Waals surface area contributed by atoms with Crippen LogP contribution in [0.15, 0.2) is 72.8 Å². The molecule has 3 atom stereocenters. The topological polar surface area (TPSA) is 76.1 Å². The van der Waals surface area contributed by atoms with Crippen molar-refractivity contribution in [1.29, 1.82) is 0 Å². The molecule has 0 aromatic heterocycles. The maximum Gasteiger partial charge on any atom is 0.417 e. The van der Waals surface area contributed by atoms with E-state index < -0.39 is 35.3 Å². The normalized spacial score (nSPS) is 20.7. The van der Waals surface area contributed by atoms with Gasteiger partial charge < -0.3 is 14.6 Å². The molecule has 1 saturated heterocycles. The van der Waals surface area contributed by atoms with Crippen molar-refractivity contribution in [3.05, 3.63) is 83.9 Å². The van der Waals surface area contributed by atoms with Crippen LogP contribution in [0.5, 0.6) is 0 Å². The molecular weight excluding hydrogens is 406 g/mol. The van der Waals surface area contributed by atoms with Crippen LogP contribution >= 0.6 is 0 Å². The highest BCUT2D eigenvalue weighted by Gasteiger charge is 2.56. The standard InChI is InChI=1S/C26H31NO5/c1-5-12-22(28)26(4,31-18-20-15-10-7-11-16-20)23(29)27-21(25(2,3)32-24(27)30)17-19-13-8-6-9-14-19/h5-16,21-22,28H,17-18H2,1-4H3/b12-5-/t21-,22-,26-/m0/s1. The Hall–Kier alpha value is -2.96. The van der Waals surface area contributed by atoms with Crippen LogP contribution in [0.4, 0.5) is 4.79 Å². The first-order chi connectivity index (χ1) is 15.2. The van der Waals surface area contributed by atoms with Crippen molar-refractivity contribution in [2.45, 2.75) is 64.1 Å². The van der Waals surface area contributed by atoms with Crippen molar-refractivity contribution in [3.8, 4) is 0 Å². The second-order valence-corrected chi connectivity index (χ2v) is 8.70. The van der Waals surface area contributed by atoms with Crippen LogP contribution < -0.4 is 0 Å². The molecule has 6 heteroatoms. The first-order valence-electron chi connectivity index (χ1n) is 10.8. The van der Waals surface area contributed by atoms with Crippen molar-refractivity contribution in [1.82, 2.24) is 4.90 Å². The van der Waals surface area contributed by atoms with Gasteiger partial charge in [0.2, 0.25) is 0 Å². The van der Waals surface area contributed by atoms with Gasteiger partial charge in [-0.25, -0.2) is 9.69 Å². The minimum Gasteiger partial charge on any atom is -0.441 e. The summed E-state index contributed by atoms with van der Waals surface area (Å²) >= 11 is 0. The van der Waals surface area contributed by atoms with E-state index in [-0.39, 0.29) is 6.61 Å². The van der Waals surface area contributed by atoms with Gasteiger partial charge in [-0.05, 0) is 45.2 Å². The lowest BCUT2D eigenvalue weighted by molar-refractivity contribution is -0.168. The van der Waals surface area contributed by atoms with Gasteiger partial charge >= 0.3 is 6.09 Å². The summed E-state index contributed by atoms with van der Waals surface area (Å²) in [5.74, 6) is -0.629. The highest BCUT2D eigenvalue weighted by Crippen LogP contribution is 2.35. The number of carbonyl (C=O) groups excluding carboxylic acids is 2. The minimum absolute atomic E-state index is 0.104. The summed E-state index contributed by atoms with van der Waals surface area (Å²) in [6.07, 6.45) is 1.58. The van der Waals surface area contributed by atoms with E-state index in [1.807, 2.05) is 60.7 Å². The van der Waals surface area contributed by atoms with Gasteiger partial charge in [0.05, 0.1) is 12.6 Å². The van der Waals surface area contributed by atoms with Gasteiger partial charge in [-0.3, -0.25) is 4.79 Å². The first-order valence-corrected chi connectivity index (χ1v) is 10.8. The highest BCUT2D eigenvalue weighted by molar-refractivity contribution is 5.99. The number of amides is 2. The number of aliphatic hydroxyl groups excluding tert-OH is 1. The lowest BCUT2D eigenvalue weighted by atomic mass is 9.89. The van der Waals surface area contributed by atoms with Crippen LogP contribution in [-0.4, -0.2) is 45.4 Å². The van der Waals surface area contributed by atoms with Crippen LogP contribution in [0.1, 0.15) is 38.8 Å². The van der Waals surface area contributed by atoms with Crippen LogP contribution in [0.3, 0.4) is 0 Å². The van der Waals surface area contributed by atoms with E-state index in [1.54, 1.807) is 26.8 Å². The van der Waals surface area contributed by atoms with Crippen molar-refractivity contribution < 1.29 is 24.2 Å². The van der Waals surface area contributed by atoms with Gasteiger partial charge in [0.1, 0.15) is 11.7 Å². The Bertz CT molecular complexity index is 957. The SMILES string of the molecule is C/C=C\[C@H](O)[C@](C)(OCc1ccccc1)C(=O)N1C(=O)OC(C)(C)[C@@H]1Cc1ccccc1. The molecule has 170 valence electrons. The summed E-state index contributed by atoms with van der Waals surface area (Å²) in [7, 11) is 0. The monoisotopic (exact) mass is 437 g/mol. The predicted molar refractivity (Wildman–Crippen MR) is 122 cm³/mol. The lowest BCUT2D eigenvalue weighted by Gasteiger charge is -2.36. The van der Waals surface area contributed by atoms with Gasteiger partial charge in [-0.2, -0.15) is 0 Å². The molecule has 3 rings (SSSR count). The maximum atomic E-state index is 13.8. The number of imide groups is 1. The number of hydrogen-bond acceptors (Lipinski definition) is 5. The Morgan fingerprint density at radius 3 is 2.28 bits per heavy atom. The number of carbonyl (C=O) groups is 2. The Labute approximate surface area is 189 Å². The summed E-state index contributed by atoms with van der Waals surface area (Å²) in [5.41, 5.74) is -0.752. The minimum atomic E-state index is -1.68. The first kappa shape index (κ1) is 23.7. The van der Waals surface area contributed by atoms with Crippen LogP contribution in [0.25, 0.3) is 0 Å². The maximum absolute atomic E-state index is 13.8. The van der Waals surface area contributed by atoms with Crippen LogP contribution in [-0.2, 0) is 27.3 Å². The average Bonchev–Trinajstić information content (AvgIpc) is 3.00. The summed E-state index contributed by atoms with van der Waals surface area (Å²) in [4.78, 5) is 27.8. The molecule has 1 aliphatic rings. The molecule has 2 amide bonds. The van der Waals surface area contributed by atoms with Crippen molar-refractivity contribution in [3.63, 3.8) is 0 Å². The zero-order valence-corrected chi connectivity index (χ0v) is 19.0. The molecule has 0 aliphatic carbocycles. The molecule has 1 aliphatic heterocycles. The summed E-state index contributed by atoms with van der Waals surface area (Å²) < 4.78 is 11.6. The molecule has 0 bridgehead atoms. The van der Waals surface area contributed by atoms with E-state index in [2.05, 4.69) is 0 Å². The molecule has 0 radical (unpaired) electrons. The summed E-state index contributed by atoms with van der Waals surface area (Å²) in [6.45, 7) is 6.94. The summed E-state index contributed by atoms with van der Waals surface area (Å²) in [5, 5.41) is 10.9. The number of cyclic esters (lactones) is 1. The third-order valence-electron chi connectivity index (χ3n) is 5.90. The van der Waals surface area contributed by atoms with Gasteiger partial charge in [0, 0.05) is 0 Å². The average molecular weight is 438 g/mol. The third-order valence-corrected chi connectivity index (χ3v) is 5.90. The Balaban J connectivity index is 1.93. The molecule has 2 aromatic rings. The lowest BCUT2D eigenvalue weighted by Crippen LogP contribution is -2.59. The molecule has 1 heterocycles. The quantitative estimate of drug-likeness (QED) is 0.624. The molecule has 0 spiro atoms. The third kappa shape index (κ3) is 4.92. The summed E-state index contributed by atoms with van der Waals surface area (Å²) in [6, 6.07) is 18.5. The fraction of sp³-hybridized carbons (Fsp3) is 0.385. The van der Waals surface area contributed by atoms with Gasteiger partial charge in [-0.1, -0.05) is 72.8 Å². The molecule has 2 aromatic carbocycles. The van der Waals surface area contributed by atoms with Crippen LogP contribution in [0, 0.1) is 0 Å². The van der Waals surface area contributed by atoms with E-state index in [0.29, 0.717) is 6.42 Å².